The molecular formula is C34H44F12O4. The summed E-state index contributed by atoms with van der Waals surface area (Å²) in [5.41, 5.74) is -9.92. The Morgan fingerprint density at radius 3 is 1.44 bits per heavy atom. The number of fused-ring (bicyclic) bond motifs is 3. The largest absolute Gasteiger partial charge is 0.498 e. The number of aliphatic hydroxyl groups is 2. The smallest absolute Gasteiger partial charge is 0.426 e. The molecule has 5 aliphatic carbocycles. The maximum atomic E-state index is 14.4. The molecule has 0 heterocycles. The van der Waals surface area contributed by atoms with Crippen LogP contribution < -0.4 is 0 Å². The van der Waals surface area contributed by atoms with Gasteiger partial charge in [0, 0.05) is 11.8 Å². The van der Waals surface area contributed by atoms with Gasteiger partial charge in [-0.05, 0) is 112 Å². The van der Waals surface area contributed by atoms with Crippen LogP contribution >= 0.6 is 0 Å². The fourth-order valence-electron chi connectivity index (χ4n) is 11.4. The van der Waals surface area contributed by atoms with Crippen LogP contribution in [0.3, 0.4) is 0 Å². The summed E-state index contributed by atoms with van der Waals surface area (Å²) >= 11 is 0. The molecular weight excluding hydrogens is 700 g/mol. The Kier molecular flexibility index (Phi) is 10.7. The van der Waals surface area contributed by atoms with Gasteiger partial charge >= 0.3 is 24.7 Å². The number of halogens is 12. The monoisotopic (exact) mass is 744 g/mol. The fraction of sp³-hybridized carbons (Fsp3) is 0.882. The Morgan fingerprint density at radius 1 is 0.480 bits per heavy atom. The van der Waals surface area contributed by atoms with Gasteiger partial charge in [0.15, 0.2) is 0 Å². The summed E-state index contributed by atoms with van der Waals surface area (Å²) in [5.74, 6) is -11.1. The summed E-state index contributed by atoms with van der Waals surface area (Å²) in [6.45, 7) is 7.06. The summed E-state index contributed by atoms with van der Waals surface area (Å²) in [5, 5.41) is 21.2. The van der Waals surface area contributed by atoms with Gasteiger partial charge in [0.25, 0.3) is 11.2 Å². The van der Waals surface area contributed by atoms with Crippen LogP contribution in [-0.2, 0) is 9.47 Å². The first-order chi connectivity index (χ1) is 23.0. The molecule has 16 heteroatoms. The van der Waals surface area contributed by atoms with Gasteiger partial charge < -0.3 is 19.7 Å². The summed E-state index contributed by atoms with van der Waals surface area (Å²) in [6.07, 6.45) is -22.8. The van der Waals surface area contributed by atoms with Crippen molar-refractivity contribution in [1.29, 1.82) is 0 Å². The Bertz CT molecular complexity index is 1180. The second-order valence-corrected chi connectivity index (χ2v) is 15.3. The molecule has 0 radical (unpaired) electrons. The molecule has 5 saturated carbocycles. The number of hydrogen-bond donors (Lipinski definition) is 2. The highest BCUT2D eigenvalue weighted by Crippen LogP contribution is 2.65. The van der Waals surface area contributed by atoms with Crippen molar-refractivity contribution in [3.63, 3.8) is 0 Å². The first-order valence-electron chi connectivity index (χ1n) is 17.3. The molecule has 0 amide bonds. The second kappa shape index (κ2) is 13.5. The first-order valence-corrected chi connectivity index (χ1v) is 17.3. The number of rotatable bonds is 7. The molecule has 0 aromatic carbocycles. The number of ether oxygens (including phenoxy) is 2. The van der Waals surface area contributed by atoms with Crippen molar-refractivity contribution in [1.82, 2.24) is 0 Å². The van der Waals surface area contributed by atoms with Crippen molar-refractivity contribution in [2.75, 3.05) is 0 Å². The molecule has 50 heavy (non-hydrogen) atoms. The van der Waals surface area contributed by atoms with E-state index < -0.39 is 102 Å². The highest BCUT2D eigenvalue weighted by Gasteiger charge is 2.78. The van der Waals surface area contributed by atoms with E-state index in [2.05, 4.69) is 13.2 Å². The lowest BCUT2D eigenvalue weighted by atomic mass is 9.47. The van der Waals surface area contributed by atoms with Crippen molar-refractivity contribution in [3.05, 3.63) is 25.7 Å². The molecule has 0 saturated heterocycles. The maximum Gasteiger partial charge on any atom is 0.426 e. The molecule has 5 fully saturated rings. The van der Waals surface area contributed by atoms with E-state index in [4.69, 9.17) is 9.47 Å². The molecule has 0 aliphatic heterocycles. The lowest BCUT2D eigenvalue weighted by Gasteiger charge is -2.60. The number of alkyl halides is 12. The Balaban J connectivity index is 1.47. The van der Waals surface area contributed by atoms with Crippen LogP contribution in [0.25, 0.3) is 0 Å². The SMILES string of the molecule is C=COC1CCC(C(O)(C(F)(F)F)C(F)(F)F)C2CCC(C3CCC4C(C3)C(OC=C)C3CCCCC3C4C(O)(C(F)(F)F)C(F)(F)F)CC12. The molecule has 2 N–H and O–H groups in total. The fourth-order valence-corrected chi connectivity index (χ4v) is 11.4. The van der Waals surface area contributed by atoms with Crippen LogP contribution in [0.15, 0.2) is 25.7 Å². The van der Waals surface area contributed by atoms with E-state index in [9.17, 15) is 62.9 Å². The normalized spacial score (nSPS) is 39.0. The molecule has 0 aromatic heterocycles. The van der Waals surface area contributed by atoms with Gasteiger partial charge in [0.2, 0.25) is 0 Å². The zero-order valence-electron chi connectivity index (χ0n) is 27.2. The second-order valence-electron chi connectivity index (χ2n) is 15.3. The summed E-state index contributed by atoms with van der Waals surface area (Å²) in [4.78, 5) is 0. The minimum atomic E-state index is -6.02. The zero-order chi connectivity index (χ0) is 37.2. The van der Waals surface area contributed by atoms with Gasteiger partial charge in [-0.25, -0.2) is 0 Å². The minimum absolute atomic E-state index is 0.0488. The van der Waals surface area contributed by atoms with E-state index in [0.29, 0.717) is 12.8 Å². The lowest BCUT2D eigenvalue weighted by Crippen LogP contribution is -2.69. The topological polar surface area (TPSA) is 58.9 Å². The summed E-state index contributed by atoms with van der Waals surface area (Å²) in [6, 6.07) is 0. The van der Waals surface area contributed by atoms with Crippen LogP contribution in [0, 0.1) is 59.2 Å². The van der Waals surface area contributed by atoms with Crippen molar-refractivity contribution in [2.24, 2.45) is 59.2 Å². The lowest BCUT2D eigenvalue weighted by molar-refractivity contribution is -0.403. The first kappa shape index (κ1) is 39.4. The van der Waals surface area contributed by atoms with Crippen molar-refractivity contribution in [3.8, 4) is 0 Å². The van der Waals surface area contributed by atoms with Gasteiger partial charge in [-0.15, -0.1) is 0 Å². The molecule has 5 aliphatic rings. The predicted octanol–water partition coefficient (Wildman–Crippen LogP) is 9.67. The number of hydrogen-bond acceptors (Lipinski definition) is 4. The third-order valence-electron chi connectivity index (χ3n) is 13.3. The molecule has 4 nitrogen and oxygen atoms in total. The quantitative estimate of drug-likeness (QED) is 0.202. The van der Waals surface area contributed by atoms with E-state index in [1.807, 2.05) is 0 Å². The van der Waals surface area contributed by atoms with Gasteiger partial charge in [0.1, 0.15) is 12.2 Å². The van der Waals surface area contributed by atoms with Gasteiger partial charge in [-0.2, -0.15) is 52.7 Å². The highest BCUT2D eigenvalue weighted by atomic mass is 19.4. The zero-order valence-corrected chi connectivity index (χ0v) is 27.2. The molecule has 12 atom stereocenters. The van der Waals surface area contributed by atoms with E-state index in [-0.39, 0.29) is 69.6 Å². The van der Waals surface area contributed by atoms with E-state index in [0.717, 1.165) is 12.5 Å². The van der Waals surface area contributed by atoms with E-state index in [1.54, 1.807) is 0 Å². The maximum absolute atomic E-state index is 14.4. The summed E-state index contributed by atoms with van der Waals surface area (Å²) in [7, 11) is 0. The van der Waals surface area contributed by atoms with Gasteiger partial charge in [-0.1, -0.05) is 26.0 Å². The molecule has 0 spiro atoms. The van der Waals surface area contributed by atoms with Crippen LogP contribution in [0.5, 0.6) is 0 Å². The standard InChI is InChI=1S/C34H44F12O4/c1-3-49-26-14-13-25(29(47,31(35,36)37)32(38,39)40)19-11-9-17(15-23(19)26)18-10-12-21-24(16-18)28(50-4-2)22-8-6-5-7-20(22)27(21)30(48,33(41,42)43)34(44,45)46/h3-4,17-28,47-48H,1-2,5-16H2. The van der Waals surface area contributed by atoms with Crippen LogP contribution in [0.4, 0.5) is 52.7 Å². The van der Waals surface area contributed by atoms with E-state index >= 15 is 0 Å². The Hall–Kier alpha value is -1.84. The minimum Gasteiger partial charge on any atom is -0.498 e. The molecule has 12 unspecified atom stereocenters. The third kappa shape index (κ3) is 6.31. The predicted molar refractivity (Wildman–Crippen MR) is 155 cm³/mol. The van der Waals surface area contributed by atoms with Crippen molar-refractivity contribution >= 4 is 0 Å². The highest BCUT2D eigenvalue weighted by molar-refractivity contribution is 5.13. The average molecular weight is 745 g/mol. The van der Waals surface area contributed by atoms with Gasteiger partial charge in [0.05, 0.1) is 12.5 Å². The molecule has 0 bridgehead atoms. The Labute approximate surface area is 282 Å². The van der Waals surface area contributed by atoms with Crippen LogP contribution in [-0.4, -0.2) is 58.3 Å². The van der Waals surface area contributed by atoms with Crippen LogP contribution in [0.1, 0.15) is 77.0 Å². The average Bonchev–Trinajstić information content (AvgIpc) is 3.02. The molecule has 0 aromatic rings. The van der Waals surface area contributed by atoms with Crippen molar-refractivity contribution in [2.45, 2.75) is 125 Å². The molecule has 288 valence electrons. The summed E-state index contributed by atoms with van der Waals surface area (Å²) < 4.78 is 182. The molecule has 5 rings (SSSR count). The van der Waals surface area contributed by atoms with Crippen LogP contribution in [0.2, 0.25) is 0 Å². The third-order valence-corrected chi connectivity index (χ3v) is 13.3. The van der Waals surface area contributed by atoms with E-state index in [1.165, 1.54) is 0 Å². The van der Waals surface area contributed by atoms with Gasteiger partial charge in [-0.3, -0.25) is 0 Å². The van der Waals surface area contributed by atoms with Crippen molar-refractivity contribution < 1.29 is 72.4 Å². The Morgan fingerprint density at radius 2 is 0.940 bits per heavy atom.